The van der Waals surface area contributed by atoms with E-state index in [4.69, 9.17) is 0 Å². The number of anilines is 1. The third-order valence-corrected chi connectivity index (χ3v) is 5.50. The average molecular weight is 401 g/mol. The zero-order valence-corrected chi connectivity index (χ0v) is 15.4. The van der Waals surface area contributed by atoms with Crippen LogP contribution in [0.4, 0.5) is 14.5 Å². The molecule has 0 saturated carbocycles. The van der Waals surface area contributed by atoms with Gasteiger partial charge in [-0.1, -0.05) is 17.4 Å². The van der Waals surface area contributed by atoms with Gasteiger partial charge in [-0.2, -0.15) is 4.99 Å². The Balaban J connectivity index is 1.75. The highest BCUT2D eigenvalue weighted by Crippen LogP contribution is 2.24. The van der Waals surface area contributed by atoms with Crippen molar-refractivity contribution in [3.8, 4) is 0 Å². The molecule has 3 amide bonds. The van der Waals surface area contributed by atoms with Crippen LogP contribution in [-0.2, 0) is 16.6 Å². The number of nitrogens with zero attached hydrogens (tertiary/aromatic N) is 3. The molecule has 6 nitrogen and oxygen atoms in total. The van der Waals surface area contributed by atoms with Crippen LogP contribution in [-0.4, -0.2) is 22.3 Å². The molecule has 0 N–H and O–H groups in total. The van der Waals surface area contributed by atoms with Crippen LogP contribution in [0.3, 0.4) is 0 Å². The molecule has 28 heavy (non-hydrogen) atoms. The molecule has 0 aliphatic carbocycles. The normalized spacial score (nSPS) is 15.1. The quantitative estimate of drug-likeness (QED) is 0.620. The third kappa shape index (κ3) is 3.03. The molecule has 1 fully saturated rings. The molecule has 142 valence electrons. The van der Waals surface area contributed by atoms with Gasteiger partial charge in [0.05, 0.1) is 15.9 Å². The number of fused-ring (bicyclic) bond motifs is 1. The largest absolute Gasteiger partial charge is 0.317 e. The van der Waals surface area contributed by atoms with Crippen LogP contribution in [0.2, 0.25) is 0 Å². The molecule has 2 aromatic carbocycles. The van der Waals surface area contributed by atoms with Gasteiger partial charge in [-0.3, -0.25) is 19.3 Å². The Kier molecular flexibility index (Phi) is 4.38. The standard InChI is InChI=1S/C19H13F2N3O3S/c1-23-17-13(21)8-11(20)9-14(17)28-19(23)22-18(27)10-3-2-4-12(7-10)24-15(25)5-6-16(24)26/h2-4,7-9H,5-6H2,1H3. The number of rotatable bonds is 2. The lowest BCUT2D eigenvalue weighted by atomic mass is 10.2. The third-order valence-electron chi connectivity index (χ3n) is 4.42. The van der Waals surface area contributed by atoms with Gasteiger partial charge in [-0.05, 0) is 24.3 Å². The first kappa shape index (κ1) is 18.2. The van der Waals surface area contributed by atoms with E-state index in [0.717, 1.165) is 22.3 Å². The molecule has 1 aromatic heterocycles. The van der Waals surface area contributed by atoms with E-state index < -0.39 is 17.5 Å². The summed E-state index contributed by atoms with van der Waals surface area (Å²) in [6.07, 6.45) is 0.280. The highest BCUT2D eigenvalue weighted by Gasteiger charge is 2.30. The van der Waals surface area contributed by atoms with Crippen LogP contribution >= 0.6 is 11.3 Å². The molecule has 0 bridgehead atoms. The van der Waals surface area contributed by atoms with E-state index in [2.05, 4.69) is 4.99 Å². The number of aromatic nitrogens is 1. The van der Waals surface area contributed by atoms with Gasteiger partial charge in [0, 0.05) is 31.5 Å². The number of carbonyl (C=O) groups excluding carboxylic acids is 3. The van der Waals surface area contributed by atoms with Crippen LogP contribution in [0.5, 0.6) is 0 Å². The maximum Gasteiger partial charge on any atom is 0.279 e. The summed E-state index contributed by atoms with van der Waals surface area (Å²) in [4.78, 5) is 41.6. The molecule has 0 spiro atoms. The van der Waals surface area contributed by atoms with Crippen molar-refractivity contribution in [2.24, 2.45) is 12.0 Å². The minimum atomic E-state index is -0.740. The maximum absolute atomic E-state index is 14.0. The van der Waals surface area contributed by atoms with Crippen molar-refractivity contribution in [3.05, 3.63) is 58.4 Å². The van der Waals surface area contributed by atoms with E-state index in [1.54, 1.807) is 12.1 Å². The monoisotopic (exact) mass is 401 g/mol. The lowest BCUT2D eigenvalue weighted by Gasteiger charge is -2.14. The zero-order chi connectivity index (χ0) is 20.0. The van der Waals surface area contributed by atoms with Gasteiger partial charge in [0.2, 0.25) is 11.8 Å². The van der Waals surface area contributed by atoms with Gasteiger partial charge in [-0.15, -0.1) is 0 Å². The number of hydrogen-bond donors (Lipinski definition) is 0. The van der Waals surface area contributed by atoms with Crippen molar-refractivity contribution in [2.75, 3.05) is 4.90 Å². The minimum Gasteiger partial charge on any atom is -0.317 e. The van der Waals surface area contributed by atoms with Crippen LogP contribution in [0.1, 0.15) is 23.2 Å². The number of carbonyl (C=O) groups is 3. The molecule has 0 radical (unpaired) electrons. The van der Waals surface area contributed by atoms with Crippen molar-refractivity contribution in [3.63, 3.8) is 0 Å². The van der Waals surface area contributed by atoms with Crippen molar-refractivity contribution >= 4 is 45.0 Å². The van der Waals surface area contributed by atoms with E-state index in [1.165, 1.54) is 29.8 Å². The Morgan fingerprint density at radius 1 is 1.11 bits per heavy atom. The number of imide groups is 1. The lowest BCUT2D eigenvalue weighted by molar-refractivity contribution is -0.121. The molecule has 2 heterocycles. The number of thiazole rings is 1. The predicted octanol–water partition coefficient (Wildman–Crippen LogP) is 2.91. The summed E-state index contributed by atoms with van der Waals surface area (Å²) >= 11 is 0.982. The van der Waals surface area contributed by atoms with Gasteiger partial charge >= 0.3 is 0 Å². The number of benzene rings is 2. The van der Waals surface area contributed by atoms with Crippen LogP contribution in [0.25, 0.3) is 10.2 Å². The molecule has 0 atom stereocenters. The van der Waals surface area contributed by atoms with Crippen LogP contribution in [0, 0.1) is 11.6 Å². The molecule has 3 aromatic rings. The van der Waals surface area contributed by atoms with Crippen molar-refractivity contribution in [1.82, 2.24) is 4.57 Å². The van der Waals surface area contributed by atoms with Crippen LogP contribution < -0.4 is 9.70 Å². The van der Waals surface area contributed by atoms with Crippen molar-refractivity contribution in [2.45, 2.75) is 12.8 Å². The van der Waals surface area contributed by atoms with Crippen molar-refractivity contribution < 1.29 is 23.2 Å². The van der Waals surface area contributed by atoms with Gasteiger partial charge in [0.1, 0.15) is 5.82 Å². The Morgan fingerprint density at radius 2 is 1.82 bits per heavy atom. The van der Waals surface area contributed by atoms with E-state index in [9.17, 15) is 23.2 Å². The summed E-state index contributed by atoms with van der Waals surface area (Å²) in [5.41, 5.74) is 0.636. The summed E-state index contributed by atoms with van der Waals surface area (Å²) in [5.74, 6) is -2.71. The van der Waals surface area contributed by atoms with Crippen molar-refractivity contribution in [1.29, 1.82) is 0 Å². The second-order valence-electron chi connectivity index (χ2n) is 6.27. The fourth-order valence-corrected chi connectivity index (χ4v) is 4.16. The fourth-order valence-electron chi connectivity index (χ4n) is 3.10. The molecule has 9 heteroatoms. The molecule has 0 unspecified atom stereocenters. The summed E-state index contributed by atoms with van der Waals surface area (Å²) < 4.78 is 29.2. The second-order valence-corrected chi connectivity index (χ2v) is 7.28. The lowest BCUT2D eigenvalue weighted by Crippen LogP contribution is -2.28. The van der Waals surface area contributed by atoms with Gasteiger partial charge in [-0.25, -0.2) is 8.78 Å². The first-order valence-electron chi connectivity index (χ1n) is 8.34. The molecular weight excluding hydrogens is 388 g/mol. The Hall–Kier alpha value is -3.20. The van der Waals surface area contributed by atoms with Crippen LogP contribution in [0.15, 0.2) is 41.4 Å². The highest BCUT2D eigenvalue weighted by molar-refractivity contribution is 7.16. The zero-order valence-electron chi connectivity index (χ0n) is 14.6. The summed E-state index contributed by atoms with van der Waals surface area (Å²) in [6, 6.07) is 7.99. The number of hydrogen-bond acceptors (Lipinski definition) is 4. The summed E-state index contributed by atoms with van der Waals surface area (Å²) in [7, 11) is 1.53. The Morgan fingerprint density at radius 3 is 2.54 bits per heavy atom. The molecule has 1 saturated heterocycles. The topological polar surface area (TPSA) is 71.7 Å². The predicted molar refractivity (Wildman–Crippen MR) is 98.8 cm³/mol. The van der Waals surface area contributed by atoms with E-state index in [-0.39, 0.29) is 40.5 Å². The van der Waals surface area contributed by atoms with E-state index in [1.807, 2.05) is 0 Å². The SMILES string of the molecule is Cn1c(=NC(=O)c2cccc(N3C(=O)CCC3=O)c2)sc2cc(F)cc(F)c21. The first-order valence-corrected chi connectivity index (χ1v) is 9.16. The second kappa shape index (κ2) is 6.75. The smallest absolute Gasteiger partial charge is 0.279 e. The number of aryl methyl sites for hydroxylation is 1. The highest BCUT2D eigenvalue weighted by atomic mass is 32.1. The fraction of sp³-hybridized carbons (Fsp3) is 0.158. The Labute approximate surface area is 161 Å². The summed E-state index contributed by atoms with van der Waals surface area (Å²) in [5, 5.41) is 0. The van der Waals surface area contributed by atoms with Gasteiger partial charge in [0.15, 0.2) is 10.6 Å². The average Bonchev–Trinajstić information content (AvgIpc) is 3.14. The molecule has 1 aliphatic heterocycles. The molecular formula is C19H13F2N3O3S. The molecule has 1 aliphatic rings. The van der Waals surface area contributed by atoms with Gasteiger partial charge < -0.3 is 4.57 Å². The Bertz CT molecular complexity index is 1210. The molecule has 4 rings (SSSR count). The maximum atomic E-state index is 14.0. The number of halogens is 2. The minimum absolute atomic E-state index is 0.140. The summed E-state index contributed by atoms with van der Waals surface area (Å²) in [6.45, 7) is 0. The first-order chi connectivity index (χ1) is 13.3. The van der Waals surface area contributed by atoms with E-state index in [0.29, 0.717) is 10.4 Å². The van der Waals surface area contributed by atoms with E-state index >= 15 is 0 Å². The van der Waals surface area contributed by atoms with Gasteiger partial charge in [0.25, 0.3) is 5.91 Å². The number of amides is 3.